The van der Waals surface area contributed by atoms with E-state index >= 15 is 0 Å². The third-order valence-corrected chi connectivity index (χ3v) is 6.23. The highest BCUT2D eigenvalue weighted by Gasteiger charge is 2.43. The number of likely N-dealkylation sites (tertiary alicyclic amines) is 1. The Bertz CT molecular complexity index is 1300. The molecule has 0 radical (unpaired) electrons. The largest absolute Gasteiger partial charge is 0.422 e. The molecule has 0 saturated carbocycles. The van der Waals surface area contributed by atoms with E-state index < -0.39 is 35.2 Å². The molecule has 1 N–H and O–H groups in total. The summed E-state index contributed by atoms with van der Waals surface area (Å²) < 4.78 is 51.8. The summed E-state index contributed by atoms with van der Waals surface area (Å²) >= 11 is 0. The van der Waals surface area contributed by atoms with Gasteiger partial charge in [0.15, 0.2) is 0 Å². The Morgan fingerprint density at radius 3 is 2.61 bits per heavy atom. The van der Waals surface area contributed by atoms with E-state index in [1.165, 1.54) is 18.7 Å². The van der Waals surface area contributed by atoms with Gasteiger partial charge < -0.3 is 19.1 Å². The summed E-state index contributed by atoms with van der Waals surface area (Å²) in [6, 6.07) is 11.4. The first-order chi connectivity index (χ1) is 17.3. The third kappa shape index (κ3) is 5.02. The second-order valence-electron chi connectivity index (χ2n) is 9.02. The maximum atomic E-state index is 13.9. The van der Waals surface area contributed by atoms with Crippen LogP contribution < -0.4 is 0 Å². The van der Waals surface area contributed by atoms with Gasteiger partial charge in [-0.15, -0.1) is 0 Å². The third-order valence-electron chi connectivity index (χ3n) is 6.23. The van der Waals surface area contributed by atoms with Gasteiger partial charge in [0.1, 0.15) is 11.3 Å². The van der Waals surface area contributed by atoms with Gasteiger partial charge in [-0.3, -0.25) is 4.98 Å². The number of aliphatic hydroxyl groups excluding tert-OH is 1. The van der Waals surface area contributed by atoms with Crippen molar-refractivity contribution in [3.8, 4) is 34.4 Å². The first kappa shape index (κ1) is 24.1. The Balaban J connectivity index is 1.37. The first-order valence-electron chi connectivity index (χ1n) is 11.6. The summed E-state index contributed by atoms with van der Waals surface area (Å²) in [6.45, 7) is 4.68. The molecule has 0 aliphatic carbocycles. The fourth-order valence-corrected chi connectivity index (χ4v) is 4.47. The maximum absolute atomic E-state index is 13.9. The lowest BCUT2D eigenvalue weighted by atomic mass is 9.99. The van der Waals surface area contributed by atoms with E-state index in [-0.39, 0.29) is 11.5 Å². The van der Waals surface area contributed by atoms with Gasteiger partial charge in [0.2, 0.25) is 11.6 Å². The molecule has 11 heteroatoms. The van der Waals surface area contributed by atoms with Gasteiger partial charge in [-0.2, -0.15) is 18.2 Å². The van der Waals surface area contributed by atoms with Crippen LogP contribution in [-0.4, -0.2) is 49.9 Å². The molecule has 188 valence electrons. The quantitative estimate of drug-likeness (QED) is 0.385. The fraction of sp³-hybridized carbons (Fsp3) is 0.360. The average molecular weight is 499 g/mol. The van der Waals surface area contributed by atoms with Crippen molar-refractivity contribution in [2.24, 2.45) is 5.92 Å². The number of aromatic nitrogens is 4. The van der Waals surface area contributed by atoms with Crippen molar-refractivity contribution in [2.45, 2.75) is 32.0 Å². The number of benzene rings is 1. The van der Waals surface area contributed by atoms with Crippen LogP contribution in [0.25, 0.3) is 34.4 Å². The number of aliphatic hydroxyl groups is 1. The molecule has 1 saturated heterocycles. The number of piperidine rings is 1. The molecular formula is C25H24F3N5O3. The smallest absolute Gasteiger partial charge is 0.387 e. The van der Waals surface area contributed by atoms with E-state index in [0.717, 1.165) is 25.1 Å². The molecular weight excluding hydrogens is 475 g/mol. The Morgan fingerprint density at radius 1 is 1.11 bits per heavy atom. The molecule has 0 amide bonds. The predicted octanol–water partition coefficient (Wildman–Crippen LogP) is 5.24. The molecule has 4 heterocycles. The van der Waals surface area contributed by atoms with Gasteiger partial charge in [-0.25, -0.2) is 0 Å². The number of β-amino-alcohol motifs (C(OH)–C–C–N with tert-alkyl or cyclic N) is 1. The Labute approximate surface area is 204 Å². The van der Waals surface area contributed by atoms with Crippen molar-refractivity contribution in [2.75, 3.05) is 19.6 Å². The van der Waals surface area contributed by atoms with Crippen molar-refractivity contribution in [3.63, 3.8) is 0 Å². The molecule has 1 aromatic carbocycles. The van der Waals surface area contributed by atoms with Crippen LogP contribution in [-0.2, 0) is 6.18 Å². The molecule has 1 aliphatic heterocycles. The lowest BCUT2D eigenvalue weighted by Crippen LogP contribution is -2.37. The summed E-state index contributed by atoms with van der Waals surface area (Å²) in [7, 11) is 0. The number of hydrogen-bond donors (Lipinski definition) is 1. The van der Waals surface area contributed by atoms with Gasteiger partial charge in [-0.05, 0) is 43.0 Å². The second kappa shape index (κ2) is 9.82. The van der Waals surface area contributed by atoms with Crippen molar-refractivity contribution in [1.29, 1.82) is 0 Å². The summed E-state index contributed by atoms with van der Waals surface area (Å²) in [5.41, 5.74) is -0.338. The van der Waals surface area contributed by atoms with Gasteiger partial charge in [0.05, 0.1) is 11.8 Å². The Kier molecular flexibility index (Phi) is 6.59. The summed E-state index contributed by atoms with van der Waals surface area (Å²) in [4.78, 5) is 10.3. The minimum absolute atomic E-state index is 0.00715. The summed E-state index contributed by atoms with van der Waals surface area (Å²) in [6.07, 6.45) is -1.75. The standard InChI is InChI=1S/C25H24F3N5O3/c1-15-5-4-12-33(13-15)14-19(34)16-7-9-17(10-8-16)23-30-24(36-32-23)22-20(25(26,27)28)21(31-35-22)18-6-2-3-11-29-18/h2-3,6-11,15,19,34H,4-5,12-14H2,1H3. The minimum atomic E-state index is -4.79. The van der Waals surface area contributed by atoms with E-state index in [2.05, 4.69) is 32.1 Å². The van der Waals surface area contributed by atoms with Crippen LogP contribution in [0.5, 0.6) is 0 Å². The highest BCUT2D eigenvalue weighted by atomic mass is 19.4. The second-order valence-corrected chi connectivity index (χ2v) is 9.02. The van der Waals surface area contributed by atoms with Crippen molar-refractivity contribution < 1.29 is 27.3 Å². The minimum Gasteiger partial charge on any atom is -0.387 e. The molecule has 0 bridgehead atoms. The number of alkyl halides is 3. The highest BCUT2D eigenvalue weighted by molar-refractivity contribution is 5.68. The van der Waals surface area contributed by atoms with Crippen molar-refractivity contribution in [3.05, 3.63) is 59.8 Å². The highest BCUT2D eigenvalue weighted by Crippen LogP contribution is 2.42. The van der Waals surface area contributed by atoms with Crippen LogP contribution in [0, 0.1) is 5.92 Å². The molecule has 5 rings (SSSR count). The lowest BCUT2D eigenvalue weighted by Gasteiger charge is -2.32. The SMILES string of the molecule is CC1CCCN(CC(O)c2ccc(-c3noc(-c4onc(-c5ccccn5)c4C(F)(F)F)n3)cc2)C1. The number of pyridine rings is 1. The maximum Gasteiger partial charge on any atom is 0.422 e. The first-order valence-corrected chi connectivity index (χ1v) is 11.6. The predicted molar refractivity (Wildman–Crippen MR) is 123 cm³/mol. The number of nitrogens with zero attached hydrogens (tertiary/aromatic N) is 5. The lowest BCUT2D eigenvalue weighted by molar-refractivity contribution is -0.137. The Morgan fingerprint density at radius 2 is 1.92 bits per heavy atom. The zero-order valence-corrected chi connectivity index (χ0v) is 19.4. The fourth-order valence-electron chi connectivity index (χ4n) is 4.47. The summed E-state index contributed by atoms with van der Waals surface area (Å²) in [5.74, 6) is -0.428. The molecule has 1 fully saturated rings. The Hall–Kier alpha value is -3.57. The molecule has 36 heavy (non-hydrogen) atoms. The van der Waals surface area contributed by atoms with Crippen LogP contribution in [0.3, 0.4) is 0 Å². The molecule has 3 aromatic heterocycles. The number of halogens is 3. The molecule has 2 atom stereocenters. The van der Waals surface area contributed by atoms with Crippen LogP contribution in [0.2, 0.25) is 0 Å². The molecule has 4 aromatic rings. The normalized spacial score (nSPS) is 17.9. The van der Waals surface area contributed by atoms with E-state index in [9.17, 15) is 18.3 Å². The van der Waals surface area contributed by atoms with E-state index in [4.69, 9.17) is 9.05 Å². The average Bonchev–Trinajstić information content (AvgIpc) is 3.52. The van der Waals surface area contributed by atoms with Crippen LogP contribution in [0.1, 0.15) is 37.0 Å². The number of hydrogen-bond acceptors (Lipinski definition) is 8. The van der Waals surface area contributed by atoms with Crippen molar-refractivity contribution in [1.82, 2.24) is 25.2 Å². The van der Waals surface area contributed by atoms with Gasteiger partial charge in [0, 0.05) is 24.8 Å². The van der Waals surface area contributed by atoms with Crippen molar-refractivity contribution >= 4 is 0 Å². The van der Waals surface area contributed by atoms with E-state index in [1.807, 2.05) is 0 Å². The monoisotopic (exact) mass is 499 g/mol. The molecule has 8 nitrogen and oxygen atoms in total. The van der Waals surface area contributed by atoms with Gasteiger partial charge >= 0.3 is 6.18 Å². The molecule has 0 spiro atoms. The van der Waals surface area contributed by atoms with E-state index in [1.54, 1.807) is 36.4 Å². The number of rotatable bonds is 6. The zero-order valence-electron chi connectivity index (χ0n) is 19.4. The van der Waals surface area contributed by atoms with Crippen LogP contribution >= 0.6 is 0 Å². The van der Waals surface area contributed by atoms with Gasteiger partial charge in [-0.1, -0.05) is 47.6 Å². The van der Waals surface area contributed by atoms with Crippen LogP contribution in [0.4, 0.5) is 13.2 Å². The zero-order chi connectivity index (χ0) is 25.3. The molecule has 2 unspecified atom stereocenters. The summed E-state index contributed by atoms with van der Waals surface area (Å²) in [5, 5.41) is 18.0. The van der Waals surface area contributed by atoms with E-state index in [0.29, 0.717) is 18.0 Å². The topological polar surface area (TPSA) is 101 Å². The van der Waals surface area contributed by atoms with Crippen LogP contribution in [0.15, 0.2) is 57.7 Å². The molecule has 1 aliphatic rings. The van der Waals surface area contributed by atoms with Gasteiger partial charge in [0.25, 0.3) is 5.89 Å².